The van der Waals surface area contributed by atoms with Crippen LogP contribution in [0.15, 0.2) is 34.9 Å². The summed E-state index contributed by atoms with van der Waals surface area (Å²) in [5.74, 6) is 1.18. The van der Waals surface area contributed by atoms with Gasteiger partial charge < -0.3 is 4.90 Å². The Labute approximate surface area is 135 Å². The average molecular weight is 296 g/mol. The van der Waals surface area contributed by atoms with E-state index in [9.17, 15) is 0 Å². The standard InChI is InChI=1S/C20H28N2/c1-7-22(8-2)19-13-14(3)9-10-18(21-19)20-16(5)11-15(4)12-17(20)6/h9-12H,7-8,13H2,1-6H3. The fourth-order valence-corrected chi connectivity index (χ4v) is 3.24. The number of hydrogen-bond donors (Lipinski definition) is 0. The molecule has 1 heterocycles. The molecule has 0 amide bonds. The summed E-state index contributed by atoms with van der Waals surface area (Å²) in [6.45, 7) is 15.1. The summed E-state index contributed by atoms with van der Waals surface area (Å²) in [5, 5.41) is 0. The molecule has 2 heteroatoms. The Hall–Kier alpha value is -1.83. The molecule has 0 saturated heterocycles. The maximum absolute atomic E-state index is 5.04. The fraction of sp³-hybridized carbons (Fsp3) is 0.450. The van der Waals surface area contributed by atoms with E-state index >= 15 is 0 Å². The summed E-state index contributed by atoms with van der Waals surface area (Å²) in [6.07, 6.45) is 5.33. The molecule has 1 aromatic carbocycles. The largest absolute Gasteiger partial charge is 0.360 e. The van der Waals surface area contributed by atoms with Crippen LogP contribution in [0.3, 0.4) is 0 Å². The Morgan fingerprint density at radius 2 is 1.55 bits per heavy atom. The van der Waals surface area contributed by atoms with Crippen LogP contribution in [-0.4, -0.2) is 23.8 Å². The maximum Gasteiger partial charge on any atom is 0.109 e. The second-order valence-electron chi connectivity index (χ2n) is 6.22. The van der Waals surface area contributed by atoms with Crippen molar-refractivity contribution in [3.63, 3.8) is 0 Å². The van der Waals surface area contributed by atoms with Gasteiger partial charge >= 0.3 is 0 Å². The molecule has 0 bridgehead atoms. The Kier molecular flexibility index (Phi) is 5.23. The molecule has 0 atom stereocenters. The number of aliphatic imine (C=N–C) groups is 1. The van der Waals surface area contributed by atoms with E-state index in [2.05, 4.69) is 70.7 Å². The van der Waals surface area contributed by atoms with Crippen molar-refractivity contribution in [3.05, 3.63) is 52.1 Å². The molecule has 2 nitrogen and oxygen atoms in total. The molecule has 22 heavy (non-hydrogen) atoms. The molecule has 0 fully saturated rings. The number of hydrogen-bond acceptors (Lipinski definition) is 2. The fourth-order valence-electron chi connectivity index (χ4n) is 3.24. The van der Waals surface area contributed by atoms with Gasteiger partial charge in [0, 0.05) is 25.1 Å². The first-order valence-electron chi connectivity index (χ1n) is 8.24. The number of amidine groups is 1. The highest BCUT2D eigenvalue weighted by molar-refractivity contribution is 5.91. The van der Waals surface area contributed by atoms with Crippen LogP contribution in [-0.2, 0) is 0 Å². The Bertz CT molecular complexity index is 621. The minimum absolute atomic E-state index is 0.936. The Morgan fingerprint density at radius 3 is 2.09 bits per heavy atom. The van der Waals surface area contributed by atoms with Gasteiger partial charge in [-0.3, -0.25) is 0 Å². The van der Waals surface area contributed by atoms with Crippen LogP contribution in [0.2, 0.25) is 0 Å². The number of benzene rings is 1. The van der Waals surface area contributed by atoms with Gasteiger partial charge in [0.1, 0.15) is 5.84 Å². The van der Waals surface area contributed by atoms with Gasteiger partial charge in [-0.2, -0.15) is 0 Å². The zero-order chi connectivity index (χ0) is 16.3. The van der Waals surface area contributed by atoms with Gasteiger partial charge in [-0.05, 0) is 58.7 Å². The van der Waals surface area contributed by atoms with E-state index in [1.165, 1.54) is 33.7 Å². The van der Waals surface area contributed by atoms with Crippen molar-refractivity contribution in [2.75, 3.05) is 13.1 Å². The van der Waals surface area contributed by atoms with Crippen molar-refractivity contribution >= 4 is 11.5 Å². The number of allylic oxidation sites excluding steroid dienone is 2. The van der Waals surface area contributed by atoms with Crippen LogP contribution in [0.5, 0.6) is 0 Å². The van der Waals surface area contributed by atoms with E-state index in [1.807, 2.05) is 0 Å². The normalized spacial score (nSPS) is 14.9. The highest BCUT2D eigenvalue weighted by Gasteiger charge is 2.15. The third-order valence-corrected chi connectivity index (χ3v) is 4.27. The van der Waals surface area contributed by atoms with Crippen LogP contribution >= 0.6 is 0 Å². The van der Waals surface area contributed by atoms with Gasteiger partial charge in [-0.25, -0.2) is 4.99 Å². The van der Waals surface area contributed by atoms with E-state index in [1.54, 1.807) is 0 Å². The molecule has 1 aromatic rings. The van der Waals surface area contributed by atoms with E-state index < -0.39 is 0 Å². The molecule has 0 aliphatic carbocycles. The highest BCUT2D eigenvalue weighted by atomic mass is 15.2. The van der Waals surface area contributed by atoms with E-state index in [0.29, 0.717) is 0 Å². The second-order valence-corrected chi connectivity index (χ2v) is 6.22. The number of nitrogens with zero attached hydrogens (tertiary/aromatic N) is 2. The van der Waals surface area contributed by atoms with E-state index in [4.69, 9.17) is 4.99 Å². The number of aryl methyl sites for hydroxylation is 3. The van der Waals surface area contributed by atoms with Crippen molar-refractivity contribution in [2.24, 2.45) is 4.99 Å². The van der Waals surface area contributed by atoms with Gasteiger partial charge in [-0.15, -0.1) is 0 Å². The van der Waals surface area contributed by atoms with E-state index in [-0.39, 0.29) is 0 Å². The van der Waals surface area contributed by atoms with Gasteiger partial charge in [0.2, 0.25) is 0 Å². The molecule has 2 rings (SSSR count). The van der Waals surface area contributed by atoms with Crippen LogP contribution in [0.1, 0.15) is 49.4 Å². The average Bonchev–Trinajstić information content (AvgIpc) is 2.62. The third-order valence-electron chi connectivity index (χ3n) is 4.27. The minimum atomic E-state index is 0.936. The molecular formula is C20H28N2. The van der Waals surface area contributed by atoms with Crippen LogP contribution < -0.4 is 0 Å². The van der Waals surface area contributed by atoms with Gasteiger partial charge in [-0.1, -0.05) is 29.3 Å². The zero-order valence-corrected chi connectivity index (χ0v) is 14.8. The first-order chi connectivity index (χ1) is 10.5. The van der Waals surface area contributed by atoms with Crippen LogP contribution in [0.25, 0.3) is 5.70 Å². The van der Waals surface area contributed by atoms with Crippen molar-refractivity contribution < 1.29 is 0 Å². The smallest absolute Gasteiger partial charge is 0.109 e. The van der Waals surface area contributed by atoms with Crippen LogP contribution in [0, 0.1) is 20.8 Å². The Morgan fingerprint density at radius 1 is 0.955 bits per heavy atom. The van der Waals surface area contributed by atoms with Crippen LogP contribution in [0.4, 0.5) is 0 Å². The van der Waals surface area contributed by atoms with Gasteiger partial charge in [0.05, 0.1) is 5.70 Å². The summed E-state index contributed by atoms with van der Waals surface area (Å²) in [6, 6.07) is 4.49. The first kappa shape index (κ1) is 16.5. The summed E-state index contributed by atoms with van der Waals surface area (Å²) in [4.78, 5) is 7.40. The monoisotopic (exact) mass is 296 g/mol. The predicted octanol–water partition coefficient (Wildman–Crippen LogP) is 5.04. The molecule has 1 aliphatic rings. The lowest BCUT2D eigenvalue weighted by atomic mass is 9.97. The lowest BCUT2D eigenvalue weighted by Gasteiger charge is -2.23. The summed E-state index contributed by atoms with van der Waals surface area (Å²) < 4.78 is 0. The van der Waals surface area contributed by atoms with E-state index in [0.717, 1.165) is 25.2 Å². The Balaban J connectivity index is 2.55. The molecule has 0 saturated carbocycles. The first-order valence-corrected chi connectivity index (χ1v) is 8.24. The third kappa shape index (κ3) is 3.49. The van der Waals surface area contributed by atoms with Gasteiger partial charge in [0.15, 0.2) is 0 Å². The molecule has 0 aromatic heterocycles. The SMILES string of the molecule is CCN(CC)C1=NC(c2c(C)cc(C)cc2C)=CC=C(C)C1. The topological polar surface area (TPSA) is 15.6 Å². The molecule has 1 aliphatic heterocycles. The summed E-state index contributed by atoms with van der Waals surface area (Å²) in [5.41, 5.74) is 7.66. The lowest BCUT2D eigenvalue weighted by molar-refractivity contribution is 0.458. The van der Waals surface area contributed by atoms with Gasteiger partial charge in [0.25, 0.3) is 0 Å². The summed E-state index contributed by atoms with van der Waals surface area (Å²) >= 11 is 0. The predicted molar refractivity (Wildman–Crippen MR) is 97.4 cm³/mol. The molecule has 0 N–H and O–H groups in total. The van der Waals surface area contributed by atoms with Crippen molar-refractivity contribution in [2.45, 2.75) is 48.0 Å². The van der Waals surface area contributed by atoms with Crippen molar-refractivity contribution in [1.29, 1.82) is 0 Å². The highest BCUT2D eigenvalue weighted by Crippen LogP contribution is 2.28. The van der Waals surface area contributed by atoms with Crippen molar-refractivity contribution in [1.82, 2.24) is 4.90 Å². The molecule has 118 valence electrons. The second kappa shape index (κ2) is 6.95. The quantitative estimate of drug-likeness (QED) is 0.762. The summed E-state index contributed by atoms with van der Waals surface area (Å²) in [7, 11) is 0. The molecular weight excluding hydrogens is 268 g/mol. The molecule has 0 radical (unpaired) electrons. The maximum atomic E-state index is 5.04. The molecule has 0 unspecified atom stereocenters. The van der Waals surface area contributed by atoms with Crippen molar-refractivity contribution in [3.8, 4) is 0 Å². The molecule has 0 spiro atoms. The zero-order valence-electron chi connectivity index (χ0n) is 14.8. The lowest BCUT2D eigenvalue weighted by Crippen LogP contribution is -2.30. The minimum Gasteiger partial charge on any atom is -0.360 e. The number of rotatable bonds is 3.